The number of esters is 2. The van der Waals surface area contributed by atoms with Crippen molar-refractivity contribution in [1.82, 2.24) is 0 Å². The average molecular weight is 344 g/mol. The van der Waals surface area contributed by atoms with E-state index in [1.165, 1.54) is 14.2 Å². The van der Waals surface area contributed by atoms with Gasteiger partial charge in [-0.3, -0.25) is 9.59 Å². The molecule has 2 aliphatic rings. The van der Waals surface area contributed by atoms with Gasteiger partial charge in [0.25, 0.3) is 0 Å². The van der Waals surface area contributed by atoms with Crippen LogP contribution in [0.3, 0.4) is 0 Å². The fraction of sp³-hybridized carbons (Fsp3) is 0.500. The minimum atomic E-state index is -1.26. The van der Waals surface area contributed by atoms with Gasteiger partial charge in [0, 0.05) is 0 Å². The summed E-state index contributed by atoms with van der Waals surface area (Å²) in [5.74, 6) is -0.182. The van der Waals surface area contributed by atoms with Crippen molar-refractivity contribution in [2.24, 2.45) is 11.3 Å². The molecule has 25 heavy (non-hydrogen) atoms. The lowest BCUT2D eigenvalue weighted by atomic mass is 9.66. The maximum atomic E-state index is 12.5. The van der Waals surface area contributed by atoms with E-state index in [0.29, 0.717) is 12.8 Å². The molecule has 1 atom stereocenters. The van der Waals surface area contributed by atoms with Gasteiger partial charge in [0.15, 0.2) is 5.41 Å². The van der Waals surface area contributed by atoms with E-state index < -0.39 is 17.4 Å². The molecule has 2 aliphatic carbocycles. The van der Waals surface area contributed by atoms with Gasteiger partial charge in [-0.25, -0.2) is 0 Å². The summed E-state index contributed by atoms with van der Waals surface area (Å²) in [5, 5.41) is 0. The van der Waals surface area contributed by atoms with Crippen molar-refractivity contribution in [2.75, 3.05) is 21.3 Å². The van der Waals surface area contributed by atoms with E-state index in [2.05, 4.69) is 19.9 Å². The van der Waals surface area contributed by atoms with Crippen molar-refractivity contribution in [3.8, 4) is 5.75 Å². The quantitative estimate of drug-likeness (QED) is 0.623. The van der Waals surface area contributed by atoms with Crippen LogP contribution in [0.5, 0.6) is 5.75 Å². The van der Waals surface area contributed by atoms with Crippen LogP contribution in [0.25, 0.3) is 6.08 Å². The van der Waals surface area contributed by atoms with E-state index >= 15 is 0 Å². The highest BCUT2D eigenvalue weighted by molar-refractivity contribution is 6.01. The molecule has 5 heteroatoms. The Morgan fingerprint density at radius 3 is 2.28 bits per heavy atom. The maximum absolute atomic E-state index is 12.5. The summed E-state index contributed by atoms with van der Waals surface area (Å²) >= 11 is 0. The highest BCUT2D eigenvalue weighted by Crippen LogP contribution is 2.57. The largest absolute Gasteiger partial charge is 0.497 e. The predicted octanol–water partition coefficient (Wildman–Crippen LogP) is 3.11. The zero-order valence-corrected chi connectivity index (χ0v) is 15.3. The molecule has 0 aromatic heterocycles. The molecule has 0 bridgehead atoms. The van der Waals surface area contributed by atoms with Crippen molar-refractivity contribution >= 4 is 18.0 Å². The van der Waals surface area contributed by atoms with Crippen LogP contribution in [0, 0.1) is 11.3 Å². The summed E-state index contributed by atoms with van der Waals surface area (Å²) in [6.45, 7) is 4.29. The van der Waals surface area contributed by atoms with Crippen LogP contribution in [0.2, 0.25) is 0 Å². The number of carbonyl (C=O) groups is 2. The molecule has 1 aromatic carbocycles. The Kier molecular flexibility index (Phi) is 4.13. The van der Waals surface area contributed by atoms with Crippen LogP contribution in [-0.4, -0.2) is 33.3 Å². The van der Waals surface area contributed by atoms with Crippen molar-refractivity contribution in [3.63, 3.8) is 0 Å². The average Bonchev–Trinajstić information content (AvgIpc) is 3.02. The Morgan fingerprint density at radius 2 is 1.72 bits per heavy atom. The third kappa shape index (κ3) is 2.44. The third-order valence-corrected chi connectivity index (χ3v) is 5.83. The first-order chi connectivity index (χ1) is 11.8. The number of hydrogen-bond donors (Lipinski definition) is 0. The zero-order valence-electron chi connectivity index (χ0n) is 15.3. The van der Waals surface area contributed by atoms with E-state index in [-0.39, 0.29) is 11.3 Å². The minimum Gasteiger partial charge on any atom is -0.497 e. The number of fused-ring (bicyclic) bond motifs is 2. The monoisotopic (exact) mass is 344 g/mol. The van der Waals surface area contributed by atoms with E-state index in [1.807, 2.05) is 18.2 Å². The van der Waals surface area contributed by atoms with Crippen LogP contribution < -0.4 is 4.74 Å². The number of allylic oxidation sites excluding steroid dienone is 1. The lowest BCUT2D eigenvalue weighted by Gasteiger charge is -2.38. The van der Waals surface area contributed by atoms with E-state index in [4.69, 9.17) is 14.2 Å². The minimum absolute atomic E-state index is 0.0605. The molecular formula is C20H24O5. The van der Waals surface area contributed by atoms with Gasteiger partial charge >= 0.3 is 11.9 Å². The van der Waals surface area contributed by atoms with Gasteiger partial charge < -0.3 is 14.2 Å². The first-order valence-electron chi connectivity index (χ1n) is 8.36. The number of carbonyl (C=O) groups excluding carboxylic acids is 2. The predicted molar refractivity (Wildman–Crippen MR) is 93.2 cm³/mol. The summed E-state index contributed by atoms with van der Waals surface area (Å²) < 4.78 is 15.3. The fourth-order valence-electron chi connectivity index (χ4n) is 4.41. The van der Waals surface area contributed by atoms with Crippen LogP contribution in [0.15, 0.2) is 23.8 Å². The molecular weight excluding hydrogens is 320 g/mol. The van der Waals surface area contributed by atoms with Crippen LogP contribution in [0.1, 0.15) is 37.8 Å². The lowest BCUT2D eigenvalue weighted by molar-refractivity contribution is -0.168. The Hall–Kier alpha value is -2.30. The summed E-state index contributed by atoms with van der Waals surface area (Å²) in [6.07, 6.45) is 2.83. The van der Waals surface area contributed by atoms with Crippen molar-refractivity contribution in [1.29, 1.82) is 0 Å². The van der Waals surface area contributed by atoms with E-state index in [0.717, 1.165) is 22.4 Å². The van der Waals surface area contributed by atoms with Gasteiger partial charge in [0.2, 0.25) is 0 Å². The molecule has 1 fully saturated rings. The molecule has 0 N–H and O–H groups in total. The number of hydrogen-bond acceptors (Lipinski definition) is 5. The SMILES string of the molecule is COC(=O)C1(C(=O)OC)CC2=Cc3ccc(OC)cc3C(C)(C)[C@H]2C1. The molecule has 0 spiro atoms. The topological polar surface area (TPSA) is 61.8 Å². The second-order valence-corrected chi connectivity index (χ2v) is 7.39. The van der Waals surface area contributed by atoms with Crippen LogP contribution in [-0.2, 0) is 24.5 Å². The first kappa shape index (κ1) is 17.5. The molecule has 0 heterocycles. The molecule has 0 amide bonds. The summed E-state index contributed by atoms with van der Waals surface area (Å²) in [7, 11) is 4.27. The molecule has 5 nitrogen and oxygen atoms in total. The molecule has 0 saturated heterocycles. The van der Waals surface area contributed by atoms with Gasteiger partial charge in [0.05, 0.1) is 21.3 Å². The molecule has 3 rings (SSSR count). The van der Waals surface area contributed by atoms with E-state index in [1.54, 1.807) is 7.11 Å². The first-order valence-corrected chi connectivity index (χ1v) is 8.36. The molecule has 1 saturated carbocycles. The second-order valence-electron chi connectivity index (χ2n) is 7.39. The number of methoxy groups -OCH3 is 3. The zero-order chi connectivity index (χ0) is 18.4. The molecule has 1 aromatic rings. The van der Waals surface area contributed by atoms with Gasteiger partial charge in [-0.1, -0.05) is 31.6 Å². The summed E-state index contributed by atoms with van der Waals surface area (Å²) in [4.78, 5) is 25.0. The number of benzene rings is 1. The Labute approximate surface area is 148 Å². The Balaban J connectivity index is 2.10. The highest BCUT2D eigenvalue weighted by Gasteiger charge is 2.59. The highest BCUT2D eigenvalue weighted by atomic mass is 16.5. The van der Waals surface area contributed by atoms with Gasteiger partial charge in [-0.05, 0) is 47.4 Å². The Morgan fingerprint density at radius 1 is 1.08 bits per heavy atom. The smallest absolute Gasteiger partial charge is 0.323 e. The number of rotatable bonds is 3. The normalized spacial score (nSPS) is 22.3. The number of ether oxygens (including phenoxy) is 3. The molecule has 0 aliphatic heterocycles. The van der Waals surface area contributed by atoms with Crippen LogP contribution >= 0.6 is 0 Å². The summed E-state index contributed by atoms with van der Waals surface area (Å²) in [6, 6.07) is 5.99. The van der Waals surface area contributed by atoms with Gasteiger partial charge in [-0.15, -0.1) is 0 Å². The third-order valence-electron chi connectivity index (χ3n) is 5.83. The van der Waals surface area contributed by atoms with E-state index in [9.17, 15) is 9.59 Å². The van der Waals surface area contributed by atoms with Crippen molar-refractivity contribution in [3.05, 3.63) is 34.9 Å². The van der Waals surface area contributed by atoms with Crippen molar-refractivity contribution in [2.45, 2.75) is 32.1 Å². The molecule has 134 valence electrons. The lowest BCUT2D eigenvalue weighted by Crippen LogP contribution is -2.40. The summed E-state index contributed by atoms with van der Waals surface area (Å²) in [5.41, 5.74) is 1.86. The van der Waals surface area contributed by atoms with Gasteiger partial charge in [0.1, 0.15) is 5.75 Å². The second kappa shape index (κ2) is 5.90. The fourth-order valence-corrected chi connectivity index (χ4v) is 4.41. The van der Waals surface area contributed by atoms with Crippen LogP contribution in [0.4, 0.5) is 0 Å². The molecule has 0 unspecified atom stereocenters. The Bertz CT molecular complexity index is 743. The standard InChI is InChI=1S/C20H24O5/c1-19(2)15-9-14(23-3)7-6-12(15)8-13-10-20(11-16(13)19,17(21)24-4)18(22)25-5/h6-9,16H,10-11H2,1-5H3/t16-/m0/s1. The van der Waals surface area contributed by atoms with Gasteiger partial charge in [-0.2, -0.15) is 0 Å². The maximum Gasteiger partial charge on any atom is 0.323 e. The molecule has 0 radical (unpaired) electrons. The van der Waals surface area contributed by atoms with Crippen molar-refractivity contribution < 1.29 is 23.8 Å².